The summed E-state index contributed by atoms with van der Waals surface area (Å²) in [5.41, 5.74) is 0. The number of hydrogen-bond acceptors (Lipinski definition) is 6. The molecule has 28 heavy (non-hydrogen) atoms. The molecular formula is C22H31N5O. The molecule has 2 aromatic heterocycles. The van der Waals surface area contributed by atoms with Crippen LogP contribution in [-0.4, -0.2) is 53.6 Å². The Labute approximate surface area is 167 Å². The lowest BCUT2D eigenvalue weighted by Gasteiger charge is -2.24. The lowest BCUT2D eigenvalue weighted by Crippen LogP contribution is -2.35. The molecule has 150 valence electrons. The summed E-state index contributed by atoms with van der Waals surface area (Å²) in [6.07, 6.45) is 15.5. The van der Waals surface area contributed by atoms with Crippen molar-refractivity contribution in [3.8, 4) is 0 Å². The van der Waals surface area contributed by atoms with Gasteiger partial charge in [0.1, 0.15) is 11.6 Å². The first-order chi connectivity index (χ1) is 13.9. The summed E-state index contributed by atoms with van der Waals surface area (Å²) in [4.78, 5) is 14.1. The first-order valence-corrected chi connectivity index (χ1v) is 10.6. The molecule has 2 aliphatic rings. The second kappa shape index (κ2) is 9.73. The third-order valence-corrected chi connectivity index (χ3v) is 5.73. The molecule has 1 atom stereocenters. The number of furan rings is 1. The zero-order valence-corrected chi connectivity index (χ0v) is 16.6. The maximum absolute atomic E-state index is 5.36. The Hall–Kier alpha value is -2.34. The van der Waals surface area contributed by atoms with Gasteiger partial charge in [-0.3, -0.25) is 4.90 Å². The minimum absolute atomic E-state index is 0.520. The third kappa shape index (κ3) is 5.13. The van der Waals surface area contributed by atoms with Crippen molar-refractivity contribution in [2.24, 2.45) is 0 Å². The van der Waals surface area contributed by atoms with E-state index in [4.69, 9.17) is 9.40 Å². The van der Waals surface area contributed by atoms with Crippen molar-refractivity contribution in [1.82, 2.24) is 14.9 Å². The molecule has 2 aromatic rings. The van der Waals surface area contributed by atoms with Crippen LogP contribution in [-0.2, 0) is 0 Å². The highest BCUT2D eigenvalue weighted by molar-refractivity contribution is 5.43. The number of nitrogens with one attached hydrogen (secondary N) is 1. The molecule has 0 aliphatic carbocycles. The summed E-state index contributed by atoms with van der Waals surface area (Å²) in [6.45, 7) is 5.19. The van der Waals surface area contributed by atoms with Crippen molar-refractivity contribution in [2.75, 3.05) is 42.9 Å². The van der Waals surface area contributed by atoms with E-state index >= 15 is 0 Å². The van der Waals surface area contributed by atoms with Gasteiger partial charge >= 0.3 is 0 Å². The van der Waals surface area contributed by atoms with Gasteiger partial charge < -0.3 is 14.6 Å². The molecule has 0 spiro atoms. The second-order valence-electron chi connectivity index (χ2n) is 7.73. The predicted octanol–water partition coefficient (Wildman–Crippen LogP) is 4.04. The summed E-state index contributed by atoms with van der Waals surface area (Å²) in [5, 5.41) is 3.48. The summed E-state index contributed by atoms with van der Waals surface area (Å²) in [7, 11) is 0. The summed E-state index contributed by atoms with van der Waals surface area (Å²) in [5.74, 6) is 2.72. The van der Waals surface area contributed by atoms with E-state index in [-0.39, 0.29) is 0 Å². The lowest BCUT2D eigenvalue weighted by atomic mass is 10.2. The van der Waals surface area contributed by atoms with Crippen molar-refractivity contribution < 1.29 is 4.42 Å². The summed E-state index contributed by atoms with van der Waals surface area (Å²) < 4.78 is 5.36. The van der Waals surface area contributed by atoms with Crippen molar-refractivity contribution >= 4 is 17.8 Å². The van der Waals surface area contributed by atoms with Gasteiger partial charge in [-0.05, 0) is 56.5 Å². The number of rotatable bonds is 7. The molecular weight excluding hydrogens is 350 g/mol. The highest BCUT2D eigenvalue weighted by Crippen LogP contribution is 2.20. The number of hydrogen-bond donors (Lipinski definition) is 1. The molecule has 4 rings (SSSR count). The average Bonchev–Trinajstić information content (AvgIpc) is 3.32. The minimum atomic E-state index is 0.520. The Morgan fingerprint density at radius 1 is 1.11 bits per heavy atom. The van der Waals surface area contributed by atoms with Crippen molar-refractivity contribution in [3.63, 3.8) is 0 Å². The molecule has 0 amide bonds. The fourth-order valence-electron chi connectivity index (χ4n) is 4.18. The molecule has 4 heterocycles. The van der Waals surface area contributed by atoms with Crippen LogP contribution >= 0.6 is 0 Å². The maximum atomic E-state index is 5.36. The van der Waals surface area contributed by atoms with Crippen LogP contribution in [0, 0.1) is 0 Å². The Morgan fingerprint density at radius 3 is 2.82 bits per heavy atom. The van der Waals surface area contributed by atoms with Crippen LogP contribution in [0.4, 0.5) is 11.8 Å². The average molecular weight is 382 g/mol. The van der Waals surface area contributed by atoms with Gasteiger partial charge in [-0.25, -0.2) is 4.98 Å². The van der Waals surface area contributed by atoms with Crippen LogP contribution in [0.25, 0.3) is 6.08 Å². The van der Waals surface area contributed by atoms with Gasteiger partial charge in [0.05, 0.1) is 6.26 Å². The number of aromatic nitrogens is 2. The molecule has 2 fully saturated rings. The number of likely N-dealkylation sites (tertiary alicyclic amines) is 1. The van der Waals surface area contributed by atoms with Crippen LogP contribution in [0.1, 0.15) is 44.3 Å². The Kier molecular flexibility index (Phi) is 6.60. The molecule has 6 nitrogen and oxygen atoms in total. The second-order valence-corrected chi connectivity index (χ2v) is 7.73. The molecule has 0 bridgehead atoms. The Balaban J connectivity index is 1.30. The van der Waals surface area contributed by atoms with Gasteiger partial charge in [0.25, 0.3) is 0 Å². The van der Waals surface area contributed by atoms with E-state index < -0.39 is 0 Å². The number of anilines is 2. The van der Waals surface area contributed by atoms with Gasteiger partial charge in [0, 0.05) is 38.4 Å². The fraction of sp³-hybridized carbons (Fsp3) is 0.545. The Morgan fingerprint density at radius 2 is 2.00 bits per heavy atom. The van der Waals surface area contributed by atoms with E-state index in [0.29, 0.717) is 6.04 Å². The molecule has 6 heteroatoms. The van der Waals surface area contributed by atoms with E-state index in [1.165, 1.54) is 38.5 Å². The molecule has 0 saturated carbocycles. The number of nitrogens with zero attached hydrogens (tertiary/aromatic N) is 4. The molecule has 2 saturated heterocycles. The van der Waals surface area contributed by atoms with Crippen molar-refractivity contribution in [2.45, 2.75) is 44.6 Å². The van der Waals surface area contributed by atoms with E-state index in [0.717, 1.165) is 50.3 Å². The monoisotopic (exact) mass is 381 g/mol. The highest BCUT2D eigenvalue weighted by atomic mass is 16.3. The van der Waals surface area contributed by atoms with E-state index in [9.17, 15) is 0 Å². The van der Waals surface area contributed by atoms with Crippen molar-refractivity contribution in [1.29, 1.82) is 0 Å². The molecule has 1 N–H and O–H groups in total. The zero-order valence-electron chi connectivity index (χ0n) is 16.6. The zero-order chi connectivity index (χ0) is 19.0. The van der Waals surface area contributed by atoms with Gasteiger partial charge in [0.15, 0.2) is 0 Å². The molecule has 2 aliphatic heterocycles. The van der Waals surface area contributed by atoms with Gasteiger partial charge in [-0.15, -0.1) is 0 Å². The van der Waals surface area contributed by atoms with Gasteiger partial charge in [-0.1, -0.05) is 18.9 Å². The summed E-state index contributed by atoms with van der Waals surface area (Å²) >= 11 is 0. The first-order valence-electron chi connectivity index (χ1n) is 10.6. The van der Waals surface area contributed by atoms with Crippen LogP contribution in [0.15, 0.2) is 41.2 Å². The predicted molar refractivity (Wildman–Crippen MR) is 114 cm³/mol. The van der Waals surface area contributed by atoms with Crippen LogP contribution in [0.2, 0.25) is 0 Å². The largest absolute Gasteiger partial charge is 0.465 e. The maximum Gasteiger partial charge on any atom is 0.224 e. The molecule has 0 radical (unpaired) electrons. The lowest BCUT2D eigenvalue weighted by molar-refractivity contribution is 0.291. The fourth-order valence-corrected chi connectivity index (χ4v) is 4.18. The summed E-state index contributed by atoms with van der Waals surface area (Å²) in [6, 6.07) is 6.46. The van der Waals surface area contributed by atoms with Gasteiger partial charge in [0.2, 0.25) is 5.95 Å². The SMILES string of the molecule is C(=C\c1ccco1)/CN1CCCC1CNc1nccc(N2CCCCCC2)n1. The molecule has 0 aromatic carbocycles. The normalized spacial score (nSPS) is 21.3. The topological polar surface area (TPSA) is 57.4 Å². The van der Waals surface area contributed by atoms with Crippen LogP contribution < -0.4 is 10.2 Å². The van der Waals surface area contributed by atoms with E-state index in [1.54, 1.807) is 6.26 Å². The smallest absolute Gasteiger partial charge is 0.224 e. The quantitative estimate of drug-likeness (QED) is 0.781. The standard InChI is InChI=1S/C22H31N5O/c1-2-4-14-27(13-3-1)21-11-12-23-22(25-21)24-18-19-8-5-15-26(19)16-6-9-20-10-7-17-28-20/h6-7,9-12,17,19H,1-5,8,13-16,18H2,(H,23,24,25)/b9-6+. The van der Waals surface area contributed by atoms with Crippen molar-refractivity contribution in [3.05, 3.63) is 42.5 Å². The first kappa shape index (κ1) is 19.0. The Bertz CT molecular complexity index is 737. The molecule has 1 unspecified atom stereocenters. The van der Waals surface area contributed by atoms with Gasteiger partial charge in [-0.2, -0.15) is 4.98 Å². The van der Waals surface area contributed by atoms with E-state index in [2.05, 4.69) is 32.3 Å². The van der Waals surface area contributed by atoms with Crippen LogP contribution in [0.5, 0.6) is 0 Å². The minimum Gasteiger partial charge on any atom is -0.465 e. The van der Waals surface area contributed by atoms with E-state index in [1.807, 2.05) is 24.4 Å². The third-order valence-electron chi connectivity index (χ3n) is 5.73. The van der Waals surface area contributed by atoms with Crippen LogP contribution in [0.3, 0.4) is 0 Å². The highest BCUT2D eigenvalue weighted by Gasteiger charge is 2.23.